The van der Waals surface area contributed by atoms with Crippen LogP contribution in [-0.4, -0.2) is 53.2 Å². The first-order valence-electron chi connectivity index (χ1n) is 8.08. The van der Waals surface area contributed by atoms with Crippen LogP contribution in [0.3, 0.4) is 0 Å². The van der Waals surface area contributed by atoms with Crippen LogP contribution in [0.15, 0.2) is 24.7 Å². The van der Waals surface area contributed by atoms with Gasteiger partial charge in [-0.2, -0.15) is 5.10 Å². The first-order valence-corrected chi connectivity index (χ1v) is 8.08. The molecule has 4 heterocycles. The molecule has 0 bridgehead atoms. The van der Waals surface area contributed by atoms with Gasteiger partial charge in [0.2, 0.25) is 0 Å². The van der Waals surface area contributed by atoms with Gasteiger partial charge in [-0.1, -0.05) is 5.21 Å². The molecule has 8 heteroatoms. The monoisotopic (exact) mass is 325 g/mol. The Morgan fingerprint density at radius 2 is 2.29 bits per heavy atom. The highest BCUT2D eigenvalue weighted by Crippen LogP contribution is 2.25. The van der Waals surface area contributed by atoms with Crippen LogP contribution in [0, 0.1) is 6.92 Å². The van der Waals surface area contributed by atoms with Gasteiger partial charge in [0, 0.05) is 25.5 Å². The van der Waals surface area contributed by atoms with Crippen LogP contribution in [0.25, 0.3) is 11.0 Å². The summed E-state index contributed by atoms with van der Waals surface area (Å²) in [6, 6.07) is 2.00. The number of aromatic nitrogens is 6. The number of amides is 1. The van der Waals surface area contributed by atoms with Gasteiger partial charge in [-0.05, 0) is 25.8 Å². The van der Waals surface area contributed by atoms with E-state index < -0.39 is 0 Å². The van der Waals surface area contributed by atoms with Gasteiger partial charge in [0.05, 0.1) is 35.9 Å². The molecule has 0 aromatic carbocycles. The van der Waals surface area contributed by atoms with E-state index in [4.69, 9.17) is 0 Å². The highest BCUT2D eigenvalue weighted by atomic mass is 16.2. The summed E-state index contributed by atoms with van der Waals surface area (Å²) in [5.41, 5.74) is 2.24. The Kier molecular flexibility index (Phi) is 3.51. The molecule has 3 aromatic heterocycles. The summed E-state index contributed by atoms with van der Waals surface area (Å²) in [5.74, 6) is 0.0427. The average Bonchev–Trinajstić information content (AvgIpc) is 3.29. The SMILES string of the molecule is Cc1cc(C(=O)N2CCC[C@H]2Cn2ccnn2)c2cnn(C)c2n1. The molecule has 3 aromatic rings. The van der Waals surface area contributed by atoms with Crippen molar-refractivity contribution in [2.24, 2.45) is 7.05 Å². The van der Waals surface area contributed by atoms with Crippen LogP contribution in [0.5, 0.6) is 0 Å². The molecular weight excluding hydrogens is 306 g/mol. The van der Waals surface area contributed by atoms with Crippen molar-refractivity contribution in [1.29, 1.82) is 0 Å². The first kappa shape index (κ1) is 14.8. The van der Waals surface area contributed by atoms with Gasteiger partial charge in [-0.15, -0.1) is 5.10 Å². The second-order valence-corrected chi connectivity index (χ2v) is 6.24. The maximum absolute atomic E-state index is 13.2. The van der Waals surface area contributed by atoms with Gasteiger partial charge in [0.1, 0.15) is 0 Å². The summed E-state index contributed by atoms with van der Waals surface area (Å²) in [6.45, 7) is 3.34. The standard InChI is InChI=1S/C16H19N7O/c1-11-8-13(14-9-18-21(2)15(14)19-11)16(24)23-6-3-4-12(23)10-22-7-5-17-20-22/h5,7-9,12H,3-4,6,10H2,1-2H3/t12-/m0/s1. The summed E-state index contributed by atoms with van der Waals surface area (Å²) < 4.78 is 3.49. The van der Waals surface area contributed by atoms with E-state index in [0.717, 1.165) is 36.1 Å². The third kappa shape index (κ3) is 2.44. The number of likely N-dealkylation sites (tertiary alicyclic amines) is 1. The molecule has 0 spiro atoms. The molecule has 4 rings (SSSR count). The fraction of sp³-hybridized carbons (Fsp3) is 0.438. The fourth-order valence-corrected chi connectivity index (χ4v) is 3.41. The molecule has 8 nitrogen and oxygen atoms in total. The molecule has 1 atom stereocenters. The van der Waals surface area contributed by atoms with Crippen molar-refractivity contribution in [3.05, 3.63) is 35.9 Å². The summed E-state index contributed by atoms with van der Waals surface area (Å²) in [4.78, 5) is 19.6. The minimum Gasteiger partial charge on any atom is -0.334 e. The minimum absolute atomic E-state index is 0.0427. The van der Waals surface area contributed by atoms with Gasteiger partial charge in [0.25, 0.3) is 5.91 Å². The lowest BCUT2D eigenvalue weighted by Gasteiger charge is -2.25. The van der Waals surface area contributed by atoms with Gasteiger partial charge in [0.15, 0.2) is 5.65 Å². The van der Waals surface area contributed by atoms with E-state index in [1.807, 2.05) is 31.1 Å². The first-order chi connectivity index (χ1) is 11.6. The zero-order chi connectivity index (χ0) is 16.7. The quantitative estimate of drug-likeness (QED) is 0.722. The van der Waals surface area contributed by atoms with Crippen molar-refractivity contribution in [2.75, 3.05) is 6.54 Å². The molecule has 0 unspecified atom stereocenters. The number of hydrogen-bond acceptors (Lipinski definition) is 5. The summed E-state index contributed by atoms with van der Waals surface area (Å²) in [7, 11) is 1.84. The van der Waals surface area contributed by atoms with Crippen LogP contribution in [0.4, 0.5) is 0 Å². The maximum atomic E-state index is 13.2. The number of fused-ring (bicyclic) bond motifs is 1. The van der Waals surface area contributed by atoms with Crippen LogP contribution in [-0.2, 0) is 13.6 Å². The molecule has 0 N–H and O–H groups in total. The zero-order valence-corrected chi connectivity index (χ0v) is 13.8. The highest BCUT2D eigenvalue weighted by Gasteiger charge is 2.31. The van der Waals surface area contributed by atoms with Crippen molar-refractivity contribution in [1.82, 2.24) is 34.7 Å². The largest absolute Gasteiger partial charge is 0.334 e. The lowest BCUT2D eigenvalue weighted by molar-refractivity contribution is 0.0723. The zero-order valence-electron chi connectivity index (χ0n) is 13.8. The Balaban J connectivity index is 1.68. The molecule has 1 amide bonds. The number of nitrogens with zero attached hydrogens (tertiary/aromatic N) is 7. The second kappa shape index (κ2) is 5.70. The number of carbonyl (C=O) groups excluding carboxylic acids is 1. The molecule has 0 radical (unpaired) electrons. The fourth-order valence-electron chi connectivity index (χ4n) is 3.41. The number of aryl methyl sites for hydroxylation is 2. The Labute approximate surface area is 139 Å². The number of pyridine rings is 1. The topological polar surface area (TPSA) is 81.7 Å². The lowest BCUT2D eigenvalue weighted by Crippen LogP contribution is -2.38. The summed E-state index contributed by atoms with van der Waals surface area (Å²) in [5, 5.41) is 12.9. The summed E-state index contributed by atoms with van der Waals surface area (Å²) in [6.07, 6.45) is 7.19. The van der Waals surface area contributed by atoms with Crippen LogP contribution in [0.2, 0.25) is 0 Å². The second-order valence-electron chi connectivity index (χ2n) is 6.24. The summed E-state index contributed by atoms with van der Waals surface area (Å²) >= 11 is 0. The van der Waals surface area contributed by atoms with E-state index in [-0.39, 0.29) is 11.9 Å². The van der Waals surface area contributed by atoms with Crippen molar-refractivity contribution in [3.63, 3.8) is 0 Å². The predicted molar refractivity (Wildman–Crippen MR) is 87.3 cm³/mol. The Bertz CT molecular complexity index is 883. The van der Waals surface area contributed by atoms with Crippen LogP contribution in [0.1, 0.15) is 28.9 Å². The number of hydrogen-bond donors (Lipinski definition) is 0. The van der Waals surface area contributed by atoms with Crippen molar-refractivity contribution >= 4 is 16.9 Å². The Morgan fingerprint density at radius 1 is 1.42 bits per heavy atom. The molecule has 0 saturated carbocycles. The lowest BCUT2D eigenvalue weighted by atomic mass is 10.1. The minimum atomic E-state index is 0.0427. The van der Waals surface area contributed by atoms with E-state index in [9.17, 15) is 4.79 Å². The van der Waals surface area contributed by atoms with E-state index in [0.29, 0.717) is 12.1 Å². The molecule has 1 aliphatic rings. The Hall–Kier alpha value is -2.77. The van der Waals surface area contributed by atoms with E-state index in [1.165, 1.54) is 0 Å². The molecule has 1 fully saturated rings. The third-order valence-electron chi connectivity index (χ3n) is 4.57. The van der Waals surface area contributed by atoms with Gasteiger partial charge >= 0.3 is 0 Å². The molecule has 0 aliphatic carbocycles. The predicted octanol–water partition coefficient (Wildman–Crippen LogP) is 1.17. The highest BCUT2D eigenvalue weighted by molar-refractivity contribution is 6.05. The maximum Gasteiger partial charge on any atom is 0.255 e. The van der Waals surface area contributed by atoms with Crippen LogP contribution >= 0.6 is 0 Å². The Morgan fingerprint density at radius 3 is 3.08 bits per heavy atom. The third-order valence-corrected chi connectivity index (χ3v) is 4.57. The van der Waals surface area contributed by atoms with Gasteiger partial charge in [-0.25, -0.2) is 4.98 Å². The molecule has 1 aliphatic heterocycles. The van der Waals surface area contributed by atoms with E-state index in [1.54, 1.807) is 21.8 Å². The van der Waals surface area contributed by atoms with Crippen molar-refractivity contribution < 1.29 is 4.79 Å². The normalized spacial score (nSPS) is 17.8. The van der Waals surface area contributed by atoms with Crippen LogP contribution < -0.4 is 0 Å². The van der Waals surface area contributed by atoms with Crippen molar-refractivity contribution in [3.8, 4) is 0 Å². The smallest absolute Gasteiger partial charge is 0.255 e. The molecule has 1 saturated heterocycles. The number of carbonyl (C=O) groups is 1. The van der Waals surface area contributed by atoms with E-state index >= 15 is 0 Å². The molecule has 124 valence electrons. The van der Waals surface area contributed by atoms with Gasteiger partial charge < -0.3 is 4.90 Å². The van der Waals surface area contributed by atoms with Crippen molar-refractivity contribution in [2.45, 2.75) is 32.4 Å². The van der Waals surface area contributed by atoms with Gasteiger partial charge in [-0.3, -0.25) is 14.2 Å². The number of rotatable bonds is 3. The molecule has 24 heavy (non-hydrogen) atoms. The van der Waals surface area contributed by atoms with E-state index in [2.05, 4.69) is 20.4 Å². The molecular formula is C16H19N7O. The average molecular weight is 325 g/mol.